The van der Waals surface area contributed by atoms with E-state index >= 15 is 0 Å². The molecule has 0 spiro atoms. The van der Waals surface area contributed by atoms with Crippen molar-refractivity contribution < 1.29 is 22.7 Å². The molecular formula is C16H18N2O5S. The number of Topliss-reactive ketones (excluding diaryl/α,β-unsaturated/α-hetero) is 1. The van der Waals surface area contributed by atoms with Crippen molar-refractivity contribution in [3.8, 4) is 0 Å². The standard InChI is InChI=1S/C16H18N2O5S/c1-12-6-3-4-8-14(12)18(24(2,21)22)10-16(20)23-11-15(19)13-7-5-9-17-13/h3-9,17H,10-11H2,1-2H3. The fourth-order valence-electron chi connectivity index (χ4n) is 2.11. The van der Waals surface area contributed by atoms with Gasteiger partial charge in [-0.1, -0.05) is 18.2 Å². The van der Waals surface area contributed by atoms with Crippen molar-refractivity contribution in [3.63, 3.8) is 0 Å². The number of hydrogen-bond donors (Lipinski definition) is 1. The zero-order chi connectivity index (χ0) is 17.7. The first-order valence-corrected chi connectivity index (χ1v) is 8.99. The molecule has 128 valence electrons. The number of aromatic amines is 1. The van der Waals surface area contributed by atoms with Crippen LogP contribution in [0.25, 0.3) is 0 Å². The molecule has 0 bridgehead atoms. The molecule has 0 radical (unpaired) electrons. The maximum absolute atomic E-state index is 12.0. The lowest BCUT2D eigenvalue weighted by molar-refractivity contribution is -0.140. The summed E-state index contributed by atoms with van der Waals surface area (Å²) in [4.78, 5) is 26.5. The Morgan fingerprint density at radius 1 is 1.17 bits per heavy atom. The summed E-state index contributed by atoms with van der Waals surface area (Å²) in [6.45, 7) is 0.792. The average Bonchev–Trinajstić information content (AvgIpc) is 3.04. The number of nitrogens with zero attached hydrogens (tertiary/aromatic N) is 1. The number of anilines is 1. The smallest absolute Gasteiger partial charge is 0.327 e. The SMILES string of the molecule is Cc1ccccc1N(CC(=O)OCC(=O)c1ccc[nH]1)S(C)(=O)=O. The minimum atomic E-state index is -3.68. The van der Waals surface area contributed by atoms with Crippen molar-refractivity contribution in [1.29, 1.82) is 0 Å². The number of hydrogen-bond acceptors (Lipinski definition) is 5. The molecule has 0 unspecified atom stereocenters. The van der Waals surface area contributed by atoms with Gasteiger partial charge in [0.25, 0.3) is 0 Å². The molecular weight excluding hydrogens is 332 g/mol. The first-order valence-electron chi connectivity index (χ1n) is 7.14. The number of H-pyrrole nitrogens is 1. The quantitative estimate of drug-likeness (QED) is 0.603. The summed E-state index contributed by atoms with van der Waals surface area (Å²) in [7, 11) is -3.68. The first-order chi connectivity index (χ1) is 11.3. The van der Waals surface area contributed by atoms with Crippen LogP contribution >= 0.6 is 0 Å². The van der Waals surface area contributed by atoms with E-state index in [0.29, 0.717) is 16.9 Å². The maximum atomic E-state index is 12.0. The van der Waals surface area contributed by atoms with Crippen molar-refractivity contribution in [2.24, 2.45) is 0 Å². The van der Waals surface area contributed by atoms with E-state index in [2.05, 4.69) is 4.98 Å². The van der Waals surface area contributed by atoms with Gasteiger partial charge in [-0.05, 0) is 30.7 Å². The molecule has 0 amide bonds. The highest BCUT2D eigenvalue weighted by Gasteiger charge is 2.23. The summed E-state index contributed by atoms with van der Waals surface area (Å²) >= 11 is 0. The van der Waals surface area contributed by atoms with Crippen LogP contribution in [0.5, 0.6) is 0 Å². The van der Waals surface area contributed by atoms with Gasteiger partial charge in [-0.3, -0.25) is 13.9 Å². The normalized spacial score (nSPS) is 11.1. The zero-order valence-corrected chi connectivity index (χ0v) is 14.2. The largest absolute Gasteiger partial charge is 0.456 e. The van der Waals surface area contributed by atoms with Gasteiger partial charge in [-0.25, -0.2) is 8.42 Å². The predicted molar refractivity (Wildman–Crippen MR) is 89.5 cm³/mol. The number of carbonyl (C=O) groups excluding carboxylic acids is 2. The molecule has 0 atom stereocenters. The Balaban J connectivity index is 2.06. The molecule has 2 rings (SSSR count). The summed E-state index contributed by atoms with van der Waals surface area (Å²) in [5, 5.41) is 0. The van der Waals surface area contributed by atoms with E-state index < -0.39 is 34.9 Å². The number of benzene rings is 1. The number of ketones is 1. The van der Waals surface area contributed by atoms with Crippen molar-refractivity contribution in [2.75, 3.05) is 23.7 Å². The number of esters is 1. The van der Waals surface area contributed by atoms with Crippen LogP contribution in [-0.2, 0) is 19.6 Å². The number of carbonyl (C=O) groups is 2. The lowest BCUT2D eigenvalue weighted by Gasteiger charge is -2.23. The van der Waals surface area contributed by atoms with Gasteiger partial charge < -0.3 is 9.72 Å². The van der Waals surface area contributed by atoms with Gasteiger partial charge in [0.1, 0.15) is 6.54 Å². The minimum absolute atomic E-state index is 0.321. The van der Waals surface area contributed by atoms with Crippen LogP contribution in [0.4, 0.5) is 5.69 Å². The van der Waals surface area contributed by atoms with Gasteiger partial charge in [0.2, 0.25) is 15.8 Å². The van der Waals surface area contributed by atoms with E-state index in [1.54, 1.807) is 49.5 Å². The van der Waals surface area contributed by atoms with E-state index in [4.69, 9.17) is 4.74 Å². The molecule has 0 fully saturated rings. The highest BCUT2D eigenvalue weighted by atomic mass is 32.2. The molecule has 1 aromatic heterocycles. The number of nitrogens with one attached hydrogen (secondary N) is 1. The van der Waals surface area contributed by atoms with Crippen molar-refractivity contribution in [3.05, 3.63) is 53.9 Å². The molecule has 0 saturated heterocycles. The van der Waals surface area contributed by atoms with Crippen LogP contribution in [0, 0.1) is 6.92 Å². The van der Waals surface area contributed by atoms with Crippen LogP contribution in [0.3, 0.4) is 0 Å². The molecule has 1 N–H and O–H groups in total. The average molecular weight is 350 g/mol. The summed E-state index contributed by atoms with van der Waals surface area (Å²) < 4.78 is 29.8. The topological polar surface area (TPSA) is 96.5 Å². The second kappa shape index (κ2) is 7.31. The molecule has 2 aromatic rings. The third-order valence-electron chi connectivity index (χ3n) is 3.32. The van der Waals surface area contributed by atoms with E-state index in [-0.39, 0.29) is 0 Å². The van der Waals surface area contributed by atoms with Crippen LogP contribution in [0.2, 0.25) is 0 Å². The molecule has 0 aliphatic heterocycles. The van der Waals surface area contributed by atoms with E-state index in [9.17, 15) is 18.0 Å². The molecule has 1 aromatic carbocycles. The van der Waals surface area contributed by atoms with Crippen molar-refractivity contribution >= 4 is 27.5 Å². The van der Waals surface area contributed by atoms with Gasteiger partial charge in [0, 0.05) is 6.20 Å². The molecule has 8 heteroatoms. The second-order valence-electron chi connectivity index (χ2n) is 5.22. The van der Waals surface area contributed by atoms with Crippen LogP contribution in [0.1, 0.15) is 16.1 Å². The van der Waals surface area contributed by atoms with Crippen LogP contribution < -0.4 is 4.31 Å². The van der Waals surface area contributed by atoms with E-state index in [0.717, 1.165) is 10.6 Å². The molecule has 0 aliphatic carbocycles. The summed E-state index contributed by atoms with van der Waals surface area (Å²) in [6, 6.07) is 10.0. The lowest BCUT2D eigenvalue weighted by Crippen LogP contribution is -2.36. The monoisotopic (exact) mass is 350 g/mol. The third-order valence-corrected chi connectivity index (χ3v) is 4.45. The van der Waals surface area contributed by atoms with Crippen LogP contribution in [0.15, 0.2) is 42.6 Å². The number of rotatable bonds is 7. The predicted octanol–water partition coefficient (Wildman–Crippen LogP) is 1.52. The fraction of sp³-hybridized carbons (Fsp3) is 0.250. The Labute approximate surface area is 140 Å². The Morgan fingerprint density at radius 3 is 2.46 bits per heavy atom. The van der Waals surface area contributed by atoms with Crippen molar-refractivity contribution in [1.82, 2.24) is 4.98 Å². The van der Waals surface area contributed by atoms with E-state index in [1.165, 1.54) is 0 Å². The van der Waals surface area contributed by atoms with Gasteiger partial charge >= 0.3 is 5.97 Å². The Morgan fingerprint density at radius 2 is 1.88 bits per heavy atom. The number of aromatic nitrogens is 1. The number of aryl methyl sites for hydroxylation is 1. The van der Waals surface area contributed by atoms with E-state index in [1.807, 2.05) is 0 Å². The van der Waals surface area contributed by atoms with Gasteiger partial charge in [0.15, 0.2) is 6.61 Å². The highest BCUT2D eigenvalue weighted by Crippen LogP contribution is 2.21. The molecule has 24 heavy (non-hydrogen) atoms. The first kappa shape index (κ1) is 17.7. The number of ether oxygens (including phenoxy) is 1. The lowest BCUT2D eigenvalue weighted by atomic mass is 10.2. The Hall–Kier alpha value is -2.61. The molecule has 0 aliphatic rings. The molecule has 7 nitrogen and oxygen atoms in total. The van der Waals surface area contributed by atoms with Gasteiger partial charge in [-0.15, -0.1) is 0 Å². The molecule has 0 saturated carbocycles. The Kier molecular flexibility index (Phi) is 5.40. The zero-order valence-electron chi connectivity index (χ0n) is 13.4. The summed E-state index contributed by atoms with van der Waals surface area (Å²) in [6.07, 6.45) is 2.59. The van der Waals surface area contributed by atoms with Crippen LogP contribution in [-0.4, -0.2) is 44.6 Å². The summed E-state index contributed by atoms with van der Waals surface area (Å²) in [5.74, 6) is -1.20. The number of para-hydroxylation sites is 1. The number of sulfonamides is 1. The maximum Gasteiger partial charge on any atom is 0.327 e. The van der Waals surface area contributed by atoms with Gasteiger partial charge in [0.05, 0.1) is 17.6 Å². The van der Waals surface area contributed by atoms with Gasteiger partial charge in [-0.2, -0.15) is 0 Å². The van der Waals surface area contributed by atoms with Crippen molar-refractivity contribution in [2.45, 2.75) is 6.92 Å². The summed E-state index contributed by atoms with van der Waals surface area (Å²) in [5.41, 5.74) is 1.42. The Bertz CT molecular complexity index is 828. The third kappa shape index (κ3) is 4.45. The fourth-order valence-corrected chi connectivity index (χ4v) is 3.02. The second-order valence-corrected chi connectivity index (χ2v) is 7.13. The highest BCUT2D eigenvalue weighted by molar-refractivity contribution is 7.92. The molecule has 1 heterocycles. The minimum Gasteiger partial charge on any atom is -0.456 e.